The first-order chi connectivity index (χ1) is 13.6. The minimum Gasteiger partial charge on any atom is -0.504 e. The number of phenolic OH excluding ortho intramolecular Hbond substituents is 1. The molecule has 0 aliphatic carbocycles. The number of hydrogen-bond acceptors (Lipinski definition) is 6. The van der Waals surface area contributed by atoms with Crippen LogP contribution in [0.4, 0.5) is 0 Å². The minimum absolute atomic E-state index is 0.0727. The van der Waals surface area contributed by atoms with Crippen LogP contribution < -0.4 is 18.9 Å². The van der Waals surface area contributed by atoms with Gasteiger partial charge in [-0.3, -0.25) is 0 Å². The molecule has 1 atom stereocenters. The molecule has 0 bridgehead atoms. The topological polar surface area (TPSA) is 66.4 Å². The normalized spacial score (nSPS) is 11.6. The van der Waals surface area contributed by atoms with Crippen LogP contribution in [0.15, 0.2) is 43.0 Å². The van der Waals surface area contributed by atoms with Gasteiger partial charge >= 0.3 is 0 Å². The molecule has 1 N–H and O–H groups in total. The summed E-state index contributed by atoms with van der Waals surface area (Å²) in [6, 6.07) is 8.90. The Morgan fingerprint density at radius 1 is 1.00 bits per heavy atom. The van der Waals surface area contributed by atoms with Crippen molar-refractivity contribution in [1.82, 2.24) is 0 Å². The van der Waals surface area contributed by atoms with Crippen LogP contribution in [0, 0.1) is 0 Å². The molecule has 0 saturated carbocycles. The van der Waals surface area contributed by atoms with Gasteiger partial charge in [-0.05, 0) is 48.7 Å². The van der Waals surface area contributed by atoms with Crippen LogP contribution in [0.3, 0.4) is 0 Å². The molecular formula is C22H28O6. The quantitative estimate of drug-likeness (QED) is 0.579. The van der Waals surface area contributed by atoms with E-state index in [0.717, 1.165) is 11.1 Å². The van der Waals surface area contributed by atoms with Crippen molar-refractivity contribution in [2.75, 3.05) is 34.5 Å². The summed E-state index contributed by atoms with van der Waals surface area (Å²) in [6.07, 6.45) is 2.15. The molecule has 2 rings (SSSR count). The molecule has 2 aromatic carbocycles. The van der Waals surface area contributed by atoms with Gasteiger partial charge < -0.3 is 28.8 Å². The first kappa shape index (κ1) is 21.4. The van der Waals surface area contributed by atoms with E-state index in [-0.39, 0.29) is 18.5 Å². The number of benzene rings is 2. The summed E-state index contributed by atoms with van der Waals surface area (Å²) in [6.45, 7) is 6.41. The second-order valence-electron chi connectivity index (χ2n) is 6.01. The maximum absolute atomic E-state index is 9.82. The third kappa shape index (κ3) is 5.10. The first-order valence-electron chi connectivity index (χ1n) is 9.04. The van der Waals surface area contributed by atoms with Crippen molar-refractivity contribution in [3.63, 3.8) is 0 Å². The summed E-state index contributed by atoms with van der Waals surface area (Å²) >= 11 is 0. The van der Waals surface area contributed by atoms with Crippen LogP contribution >= 0.6 is 0 Å². The van der Waals surface area contributed by atoms with Crippen LogP contribution in [0.1, 0.15) is 24.2 Å². The number of rotatable bonds is 11. The van der Waals surface area contributed by atoms with Gasteiger partial charge in [-0.2, -0.15) is 0 Å². The van der Waals surface area contributed by atoms with Crippen LogP contribution in [0.25, 0.3) is 0 Å². The Morgan fingerprint density at radius 2 is 1.64 bits per heavy atom. The molecule has 0 aliphatic rings. The summed E-state index contributed by atoms with van der Waals surface area (Å²) in [4.78, 5) is 0. The molecule has 0 aliphatic heterocycles. The highest BCUT2D eigenvalue weighted by Gasteiger charge is 2.19. The highest BCUT2D eigenvalue weighted by Crippen LogP contribution is 2.40. The standard InChI is InChI=1S/C22H28O6/c1-6-8-15-11-19(25-4)22(20(12-15)26-5)28-14-21(27-7-2)16-9-10-17(23)18(13-16)24-3/h6,9-13,21,23H,1,7-8,14H2,2-5H3/t21-/m1/s1. The van der Waals surface area contributed by atoms with Gasteiger partial charge in [0.2, 0.25) is 5.75 Å². The van der Waals surface area contributed by atoms with Crippen molar-refractivity contribution in [2.45, 2.75) is 19.4 Å². The van der Waals surface area contributed by atoms with Crippen molar-refractivity contribution in [3.8, 4) is 28.7 Å². The Labute approximate surface area is 166 Å². The Bertz CT molecular complexity index is 762. The Balaban J connectivity index is 2.29. The highest BCUT2D eigenvalue weighted by atomic mass is 16.6. The lowest BCUT2D eigenvalue weighted by Crippen LogP contribution is -2.15. The molecule has 28 heavy (non-hydrogen) atoms. The summed E-state index contributed by atoms with van der Waals surface area (Å²) in [7, 11) is 4.68. The minimum atomic E-state index is -0.359. The predicted molar refractivity (Wildman–Crippen MR) is 108 cm³/mol. The van der Waals surface area contributed by atoms with Gasteiger partial charge in [0.15, 0.2) is 23.0 Å². The Kier molecular flexibility index (Phi) is 8.02. The summed E-state index contributed by atoms with van der Waals surface area (Å²) in [5, 5.41) is 9.82. The van der Waals surface area contributed by atoms with E-state index in [4.69, 9.17) is 23.7 Å². The van der Waals surface area contributed by atoms with Crippen LogP contribution in [-0.4, -0.2) is 39.6 Å². The lowest BCUT2D eigenvalue weighted by molar-refractivity contribution is 0.0251. The van der Waals surface area contributed by atoms with Crippen LogP contribution in [-0.2, 0) is 11.2 Å². The van der Waals surface area contributed by atoms with Crippen LogP contribution in [0.2, 0.25) is 0 Å². The molecule has 0 radical (unpaired) electrons. The Morgan fingerprint density at radius 3 is 2.18 bits per heavy atom. The van der Waals surface area contributed by atoms with E-state index in [1.54, 1.807) is 32.4 Å². The molecule has 0 spiro atoms. The molecule has 6 heteroatoms. The van der Waals surface area contributed by atoms with E-state index in [9.17, 15) is 5.11 Å². The summed E-state index contributed by atoms with van der Waals surface area (Å²) < 4.78 is 28.1. The number of ether oxygens (including phenoxy) is 5. The van der Waals surface area contributed by atoms with E-state index >= 15 is 0 Å². The number of allylic oxidation sites excluding steroid dienone is 1. The first-order valence-corrected chi connectivity index (χ1v) is 9.04. The third-order valence-corrected chi connectivity index (χ3v) is 4.22. The lowest BCUT2D eigenvalue weighted by Gasteiger charge is -2.21. The van der Waals surface area contributed by atoms with Crippen molar-refractivity contribution in [1.29, 1.82) is 0 Å². The van der Waals surface area contributed by atoms with Gasteiger partial charge in [0.25, 0.3) is 0 Å². The Hall–Kier alpha value is -2.86. The van der Waals surface area contributed by atoms with Gasteiger partial charge in [0, 0.05) is 6.61 Å². The number of hydrogen-bond donors (Lipinski definition) is 1. The van der Waals surface area contributed by atoms with Gasteiger partial charge in [-0.1, -0.05) is 12.1 Å². The monoisotopic (exact) mass is 388 g/mol. The average molecular weight is 388 g/mol. The molecule has 152 valence electrons. The average Bonchev–Trinajstić information content (AvgIpc) is 2.71. The zero-order chi connectivity index (χ0) is 20.5. The fourth-order valence-corrected chi connectivity index (χ4v) is 2.86. The molecule has 0 amide bonds. The SMILES string of the molecule is C=CCc1cc(OC)c(OC[C@@H](OCC)c2ccc(O)c(OC)c2)c(OC)c1. The maximum atomic E-state index is 9.82. The van der Waals surface area contributed by atoms with Gasteiger partial charge in [-0.15, -0.1) is 6.58 Å². The van der Waals surface area contributed by atoms with Crippen molar-refractivity contribution in [3.05, 3.63) is 54.1 Å². The van der Waals surface area contributed by atoms with Gasteiger partial charge in [0.05, 0.1) is 21.3 Å². The smallest absolute Gasteiger partial charge is 0.203 e. The third-order valence-electron chi connectivity index (χ3n) is 4.22. The molecule has 6 nitrogen and oxygen atoms in total. The van der Waals surface area contributed by atoms with E-state index in [1.165, 1.54) is 7.11 Å². The highest BCUT2D eigenvalue weighted by molar-refractivity contribution is 5.54. The van der Waals surface area contributed by atoms with E-state index in [0.29, 0.717) is 36.0 Å². The van der Waals surface area contributed by atoms with E-state index < -0.39 is 0 Å². The molecular weight excluding hydrogens is 360 g/mol. The second kappa shape index (κ2) is 10.5. The summed E-state index contributed by atoms with van der Waals surface area (Å²) in [5.74, 6) is 2.12. The zero-order valence-corrected chi connectivity index (χ0v) is 16.9. The van der Waals surface area contributed by atoms with E-state index in [2.05, 4.69) is 6.58 Å². The predicted octanol–water partition coefficient (Wildman–Crippen LogP) is 4.30. The molecule has 0 saturated heterocycles. The summed E-state index contributed by atoms with van der Waals surface area (Å²) in [5.41, 5.74) is 1.85. The molecule has 2 aromatic rings. The zero-order valence-electron chi connectivity index (χ0n) is 16.9. The number of aromatic hydroxyl groups is 1. The van der Waals surface area contributed by atoms with Crippen molar-refractivity contribution in [2.24, 2.45) is 0 Å². The number of phenols is 1. The lowest BCUT2D eigenvalue weighted by atomic mass is 10.1. The largest absolute Gasteiger partial charge is 0.504 e. The maximum Gasteiger partial charge on any atom is 0.203 e. The van der Waals surface area contributed by atoms with E-state index in [1.807, 2.05) is 25.1 Å². The molecule has 0 aromatic heterocycles. The van der Waals surface area contributed by atoms with Crippen molar-refractivity contribution < 1.29 is 28.8 Å². The molecule has 0 fully saturated rings. The van der Waals surface area contributed by atoms with Gasteiger partial charge in [0.1, 0.15) is 12.7 Å². The number of methoxy groups -OCH3 is 3. The second-order valence-corrected chi connectivity index (χ2v) is 6.01. The van der Waals surface area contributed by atoms with Gasteiger partial charge in [-0.25, -0.2) is 0 Å². The molecule has 0 unspecified atom stereocenters. The van der Waals surface area contributed by atoms with Crippen molar-refractivity contribution >= 4 is 0 Å². The molecule has 0 heterocycles. The van der Waals surface area contributed by atoms with Crippen LogP contribution in [0.5, 0.6) is 28.7 Å². The fraction of sp³-hybridized carbons (Fsp3) is 0.364. The fourth-order valence-electron chi connectivity index (χ4n) is 2.86.